The maximum atomic E-state index is 13.4. The van der Waals surface area contributed by atoms with Gasteiger partial charge in [-0.15, -0.1) is 0 Å². The van der Waals surface area contributed by atoms with Gasteiger partial charge in [-0.05, 0) is 31.0 Å². The van der Waals surface area contributed by atoms with Gasteiger partial charge in [0.2, 0.25) is 0 Å². The fourth-order valence-corrected chi connectivity index (χ4v) is 3.78. The number of benzene rings is 1. The van der Waals surface area contributed by atoms with Crippen LogP contribution in [0.4, 0.5) is 14.5 Å². The highest BCUT2D eigenvalue weighted by Crippen LogP contribution is 2.40. The SMILES string of the molecule is CC(O)CCNC(=O)c1cnc2ccc(C3C=NNC3)cc2c1NC1CC(F)(F)C1. The second kappa shape index (κ2) is 8.14. The number of carbonyl (C=O) groups is 1. The van der Waals surface area contributed by atoms with Crippen molar-refractivity contribution in [1.29, 1.82) is 0 Å². The molecule has 7 nitrogen and oxygen atoms in total. The molecule has 4 N–H and O–H groups in total. The van der Waals surface area contributed by atoms with Crippen molar-refractivity contribution in [1.82, 2.24) is 15.7 Å². The van der Waals surface area contributed by atoms with E-state index in [1.54, 1.807) is 6.92 Å². The summed E-state index contributed by atoms with van der Waals surface area (Å²) in [4.78, 5) is 17.2. The van der Waals surface area contributed by atoms with Gasteiger partial charge in [0, 0.05) is 55.7 Å². The minimum atomic E-state index is -2.67. The molecule has 2 unspecified atom stereocenters. The third kappa shape index (κ3) is 4.35. The molecule has 1 aromatic heterocycles. The van der Waals surface area contributed by atoms with Crippen LogP contribution in [0.15, 0.2) is 29.5 Å². The summed E-state index contributed by atoms with van der Waals surface area (Å²) in [6.45, 7) is 2.63. The molecule has 0 bridgehead atoms. The summed E-state index contributed by atoms with van der Waals surface area (Å²) < 4.78 is 26.8. The van der Waals surface area contributed by atoms with Gasteiger partial charge in [-0.25, -0.2) is 8.78 Å². The van der Waals surface area contributed by atoms with Gasteiger partial charge in [-0.1, -0.05) is 6.07 Å². The van der Waals surface area contributed by atoms with E-state index in [0.717, 1.165) is 5.56 Å². The van der Waals surface area contributed by atoms with Crippen LogP contribution in [0.2, 0.25) is 0 Å². The Hall–Kier alpha value is -2.81. The average molecular weight is 417 g/mol. The van der Waals surface area contributed by atoms with E-state index in [4.69, 9.17) is 0 Å². The number of rotatable bonds is 7. The number of hydrogen-bond donors (Lipinski definition) is 4. The molecule has 1 fully saturated rings. The zero-order valence-electron chi connectivity index (χ0n) is 16.7. The van der Waals surface area contributed by atoms with Gasteiger partial charge in [0.25, 0.3) is 11.8 Å². The smallest absolute Gasteiger partial charge is 0.254 e. The van der Waals surface area contributed by atoms with Crippen molar-refractivity contribution in [2.75, 3.05) is 18.4 Å². The summed E-state index contributed by atoms with van der Waals surface area (Å²) in [5.41, 5.74) is 5.43. The number of carbonyl (C=O) groups excluding carboxylic acids is 1. The first kappa shape index (κ1) is 20.5. The summed E-state index contributed by atoms with van der Waals surface area (Å²) in [5, 5.41) is 20.1. The standard InChI is InChI=1S/C21H25F2N5O2/c1-12(29)4-5-24-20(30)17-11-25-18-3-2-13(14-9-26-27-10-14)6-16(18)19(17)28-15-7-21(22,23)8-15/h2-3,6,9,11-12,14-15,27,29H,4-5,7-8,10H2,1H3,(H,24,30)(H,25,28). The molecule has 1 aliphatic heterocycles. The molecule has 0 spiro atoms. The quantitative estimate of drug-likeness (QED) is 0.555. The fourth-order valence-electron chi connectivity index (χ4n) is 3.78. The number of amides is 1. The van der Waals surface area contributed by atoms with E-state index < -0.39 is 18.1 Å². The van der Waals surface area contributed by atoms with E-state index in [2.05, 4.69) is 26.1 Å². The number of aromatic nitrogens is 1. The lowest BCUT2D eigenvalue weighted by atomic mass is 9.87. The Kier molecular flexibility index (Phi) is 5.55. The number of nitrogens with one attached hydrogen (secondary N) is 3. The molecule has 4 rings (SSSR count). The minimum absolute atomic E-state index is 0.0961. The molecule has 0 saturated heterocycles. The molecule has 30 heavy (non-hydrogen) atoms. The Labute approximate surface area is 173 Å². The van der Waals surface area contributed by atoms with Crippen molar-refractivity contribution in [3.8, 4) is 0 Å². The maximum absolute atomic E-state index is 13.4. The van der Waals surface area contributed by atoms with Crippen LogP contribution < -0.4 is 16.1 Å². The normalized spacial score (nSPS) is 21.1. The summed E-state index contributed by atoms with van der Waals surface area (Å²) in [7, 11) is 0. The number of anilines is 1. The lowest BCUT2D eigenvalue weighted by molar-refractivity contribution is -0.0793. The summed E-state index contributed by atoms with van der Waals surface area (Å²) >= 11 is 0. The Morgan fingerprint density at radius 1 is 1.40 bits per heavy atom. The summed E-state index contributed by atoms with van der Waals surface area (Å²) in [6, 6.07) is 5.36. The molecule has 1 amide bonds. The number of nitrogens with zero attached hydrogens (tertiary/aromatic N) is 2. The largest absolute Gasteiger partial charge is 0.393 e. The van der Waals surface area contributed by atoms with Crippen molar-refractivity contribution in [3.05, 3.63) is 35.5 Å². The molecule has 2 aliphatic rings. The van der Waals surface area contributed by atoms with Gasteiger partial charge < -0.3 is 21.2 Å². The van der Waals surface area contributed by atoms with Crippen molar-refractivity contribution in [2.24, 2.45) is 5.10 Å². The van der Waals surface area contributed by atoms with Crippen LogP contribution in [0.1, 0.15) is 48.0 Å². The molecule has 0 radical (unpaired) electrons. The highest BCUT2D eigenvalue weighted by Gasteiger charge is 2.45. The van der Waals surface area contributed by atoms with Crippen LogP contribution in [0.25, 0.3) is 10.9 Å². The first-order valence-electron chi connectivity index (χ1n) is 10.1. The van der Waals surface area contributed by atoms with Gasteiger partial charge in [-0.3, -0.25) is 9.78 Å². The summed E-state index contributed by atoms with van der Waals surface area (Å²) in [5.74, 6) is -2.93. The van der Waals surface area contributed by atoms with E-state index in [0.29, 0.717) is 41.7 Å². The Morgan fingerprint density at radius 3 is 2.87 bits per heavy atom. The third-order valence-corrected chi connectivity index (χ3v) is 5.51. The van der Waals surface area contributed by atoms with Gasteiger partial charge in [-0.2, -0.15) is 5.10 Å². The average Bonchev–Trinajstić information content (AvgIpc) is 3.20. The molecular weight excluding hydrogens is 392 g/mol. The van der Waals surface area contributed by atoms with Crippen LogP contribution in [0.5, 0.6) is 0 Å². The number of aliphatic hydroxyl groups is 1. The summed E-state index contributed by atoms with van der Waals surface area (Å²) in [6.07, 6.45) is 2.65. The van der Waals surface area contributed by atoms with Crippen LogP contribution in [0.3, 0.4) is 0 Å². The second-order valence-corrected chi connectivity index (χ2v) is 8.07. The molecule has 160 valence electrons. The fraction of sp³-hybridized carbons (Fsp3) is 0.476. The third-order valence-electron chi connectivity index (χ3n) is 5.51. The van der Waals surface area contributed by atoms with Gasteiger partial charge >= 0.3 is 0 Å². The number of alkyl halides is 2. The number of pyridine rings is 1. The van der Waals surface area contributed by atoms with E-state index >= 15 is 0 Å². The topological polar surface area (TPSA) is 98.6 Å². The number of hydrogen-bond acceptors (Lipinski definition) is 6. The Balaban J connectivity index is 1.68. The zero-order valence-corrected chi connectivity index (χ0v) is 16.7. The van der Waals surface area contributed by atoms with Crippen LogP contribution in [0, 0.1) is 0 Å². The van der Waals surface area contributed by atoms with Crippen molar-refractivity contribution in [3.63, 3.8) is 0 Å². The number of hydrazone groups is 1. The second-order valence-electron chi connectivity index (χ2n) is 8.07. The van der Waals surface area contributed by atoms with E-state index in [1.807, 2.05) is 24.4 Å². The van der Waals surface area contributed by atoms with E-state index in [-0.39, 0.29) is 24.7 Å². The Bertz CT molecular complexity index is 971. The lowest BCUT2D eigenvalue weighted by Crippen LogP contribution is -2.44. The van der Waals surface area contributed by atoms with Gasteiger partial charge in [0.15, 0.2) is 0 Å². The predicted octanol–water partition coefficient (Wildman–Crippen LogP) is 2.62. The zero-order chi connectivity index (χ0) is 21.3. The van der Waals surface area contributed by atoms with Crippen molar-refractivity contribution in [2.45, 2.75) is 50.2 Å². The van der Waals surface area contributed by atoms with Crippen LogP contribution >= 0.6 is 0 Å². The molecule has 9 heteroatoms. The number of halogens is 2. The maximum Gasteiger partial charge on any atom is 0.254 e. The molecule has 1 aliphatic carbocycles. The molecule has 2 aromatic rings. The van der Waals surface area contributed by atoms with Gasteiger partial charge in [0.05, 0.1) is 22.9 Å². The predicted molar refractivity (Wildman–Crippen MR) is 111 cm³/mol. The van der Waals surface area contributed by atoms with Crippen molar-refractivity contribution >= 4 is 28.7 Å². The number of aliphatic hydroxyl groups excluding tert-OH is 1. The molecule has 2 atom stereocenters. The number of fused-ring (bicyclic) bond motifs is 1. The monoisotopic (exact) mass is 417 g/mol. The first-order chi connectivity index (χ1) is 14.3. The minimum Gasteiger partial charge on any atom is -0.393 e. The molecule has 1 aromatic carbocycles. The van der Waals surface area contributed by atoms with E-state index in [1.165, 1.54) is 6.20 Å². The van der Waals surface area contributed by atoms with E-state index in [9.17, 15) is 18.7 Å². The molecule has 1 saturated carbocycles. The highest BCUT2D eigenvalue weighted by atomic mass is 19.3. The van der Waals surface area contributed by atoms with Gasteiger partial charge in [0.1, 0.15) is 0 Å². The van der Waals surface area contributed by atoms with Crippen LogP contribution in [-0.2, 0) is 0 Å². The van der Waals surface area contributed by atoms with Crippen molar-refractivity contribution < 1.29 is 18.7 Å². The Morgan fingerprint density at radius 2 is 2.20 bits per heavy atom. The first-order valence-corrected chi connectivity index (χ1v) is 10.1. The van der Waals surface area contributed by atoms with Crippen LogP contribution in [-0.4, -0.2) is 53.4 Å². The molecular formula is C21H25F2N5O2. The molecule has 2 heterocycles. The lowest BCUT2D eigenvalue weighted by Gasteiger charge is -2.36. The highest BCUT2D eigenvalue weighted by molar-refractivity contribution is 6.07.